The standard InChI is InChI=1S/C12H21N3O/c1-3-6-13-12(10-5-8-16-9-10)11-4-7-15(2)14-11/h4,7,10,12-13H,3,5-6,8-9H2,1-2H3. The van der Waals surface area contributed by atoms with Gasteiger partial charge in [0.2, 0.25) is 0 Å². The molecule has 1 aromatic rings. The summed E-state index contributed by atoms with van der Waals surface area (Å²) in [7, 11) is 1.96. The van der Waals surface area contributed by atoms with Crippen LogP contribution in [0.3, 0.4) is 0 Å². The average molecular weight is 223 g/mol. The molecule has 1 aliphatic rings. The van der Waals surface area contributed by atoms with E-state index in [1.54, 1.807) is 0 Å². The van der Waals surface area contributed by atoms with Gasteiger partial charge >= 0.3 is 0 Å². The van der Waals surface area contributed by atoms with Gasteiger partial charge in [0.05, 0.1) is 18.3 Å². The molecule has 16 heavy (non-hydrogen) atoms. The quantitative estimate of drug-likeness (QED) is 0.822. The molecule has 1 fully saturated rings. The van der Waals surface area contributed by atoms with Gasteiger partial charge in [-0.15, -0.1) is 0 Å². The molecule has 0 spiro atoms. The third-order valence-electron chi connectivity index (χ3n) is 3.10. The molecule has 1 aliphatic heterocycles. The molecule has 4 heteroatoms. The van der Waals surface area contributed by atoms with E-state index in [2.05, 4.69) is 23.4 Å². The zero-order chi connectivity index (χ0) is 11.4. The minimum atomic E-state index is 0.351. The average Bonchev–Trinajstić information content (AvgIpc) is 2.91. The van der Waals surface area contributed by atoms with Crippen molar-refractivity contribution < 1.29 is 4.74 Å². The second-order valence-electron chi connectivity index (χ2n) is 4.47. The molecule has 0 aromatic carbocycles. The van der Waals surface area contributed by atoms with E-state index < -0.39 is 0 Å². The minimum absolute atomic E-state index is 0.351. The zero-order valence-electron chi connectivity index (χ0n) is 10.1. The highest BCUT2D eigenvalue weighted by Gasteiger charge is 2.27. The number of nitrogens with zero attached hydrogens (tertiary/aromatic N) is 2. The highest BCUT2D eigenvalue weighted by molar-refractivity contribution is 5.07. The molecule has 0 saturated carbocycles. The zero-order valence-corrected chi connectivity index (χ0v) is 10.1. The van der Waals surface area contributed by atoms with Crippen LogP contribution in [0.2, 0.25) is 0 Å². The first-order valence-electron chi connectivity index (χ1n) is 6.12. The number of nitrogens with one attached hydrogen (secondary N) is 1. The number of ether oxygens (including phenoxy) is 1. The third kappa shape index (κ3) is 2.62. The molecule has 90 valence electrons. The van der Waals surface area contributed by atoms with Crippen molar-refractivity contribution in [2.45, 2.75) is 25.8 Å². The predicted molar refractivity (Wildman–Crippen MR) is 63.2 cm³/mol. The van der Waals surface area contributed by atoms with Gasteiger partial charge in [0, 0.05) is 25.8 Å². The van der Waals surface area contributed by atoms with Crippen LogP contribution in [0.4, 0.5) is 0 Å². The molecule has 2 unspecified atom stereocenters. The number of hydrogen-bond donors (Lipinski definition) is 1. The van der Waals surface area contributed by atoms with Gasteiger partial charge in [-0.05, 0) is 25.5 Å². The summed E-state index contributed by atoms with van der Waals surface area (Å²) >= 11 is 0. The van der Waals surface area contributed by atoms with Crippen molar-refractivity contribution in [3.8, 4) is 0 Å². The molecule has 0 radical (unpaired) electrons. The van der Waals surface area contributed by atoms with E-state index in [1.165, 1.54) is 0 Å². The van der Waals surface area contributed by atoms with Crippen LogP contribution < -0.4 is 5.32 Å². The van der Waals surface area contributed by atoms with E-state index in [4.69, 9.17) is 4.74 Å². The molecular weight excluding hydrogens is 202 g/mol. The Balaban J connectivity index is 2.06. The fourth-order valence-corrected chi connectivity index (χ4v) is 2.23. The molecule has 1 saturated heterocycles. The summed E-state index contributed by atoms with van der Waals surface area (Å²) in [5, 5.41) is 8.09. The fraction of sp³-hybridized carbons (Fsp3) is 0.750. The number of rotatable bonds is 5. The fourth-order valence-electron chi connectivity index (χ4n) is 2.23. The first kappa shape index (κ1) is 11.6. The van der Waals surface area contributed by atoms with Gasteiger partial charge in [0.1, 0.15) is 0 Å². The van der Waals surface area contributed by atoms with Crippen LogP contribution in [0.15, 0.2) is 12.3 Å². The topological polar surface area (TPSA) is 39.1 Å². The predicted octanol–water partition coefficient (Wildman–Crippen LogP) is 1.50. The molecular formula is C12H21N3O. The van der Waals surface area contributed by atoms with E-state index in [0.29, 0.717) is 12.0 Å². The number of aryl methyl sites for hydroxylation is 1. The largest absolute Gasteiger partial charge is 0.381 e. The maximum Gasteiger partial charge on any atom is 0.0797 e. The van der Waals surface area contributed by atoms with Crippen LogP contribution in [0.1, 0.15) is 31.5 Å². The summed E-state index contributed by atoms with van der Waals surface area (Å²) in [5.74, 6) is 0.571. The summed E-state index contributed by atoms with van der Waals surface area (Å²) in [6, 6.07) is 2.45. The molecule has 4 nitrogen and oxygen atoms in total. The van der Waals surface area contributed by atoms with Gasteiger partial charge in [0.25, 0.3) is 0 Å². The molecule has 0 aliphatic carbocycles. The summed E-state index contributed by atoms with van der Waals surface area (Å²) in [5.41, 5.74) is 1.14. The van der Waals surface area contributed by atoms with Gasteiger partial charge in [-0.2, -0.15) is 5.10 Å². The van der Waals surface area contributed by atoms with Crippen LogP contribution in [0, 0.1) is 5.92 Å². The van der Waals surface area contributed by atoms with Crippen LogP contribution in [-0.2, 0) is 11.8 Å². The van der Waals surface area contributed by atoms with Crippen LogP contribution in [-0.4, -0.2) is 29.5 Å². The Kier molecular flexibility index (Phi) is 3.96. The molecule has 2 atom stereocenters. The maximum absolute atomic E-state index is 5.47. The Labute approximate surface area is 97.0 Å². The Morgan fingerprint density at radius 1 is 1.69 bits per heavy atom. The molecule has 0 amide bonds. The van der Waals surface area contributed by atoms with E-state index in [0.717, 1.165) is 38.3 Å². The van der Waals surface area contributed by atoms with Crippen molar-refractivity contribution in [3.05, 3.63) is 18.0 Å². The summed E-state index contributed by atoms with van der Waals surface area (Å²) in [6.45, 7) is 4.98. The lowest BCUT2D eigenvalue weighted by molar-refractivity contribution is 0.176. The smallest absolute Gasteiger partial charge is 0.0797 e. The molecule has 1 aromatic heterocycles. The lowest BCUT2D eigenvalue weighted by atomic mass is 9.96. The van der Waals surface area contributed by atoms with Crippen molar-refractivity contribution in [3.63, 3.8) is 0 Å². The molecule has 1 N–H and O–H groups in total. The van der Waals surface area contributed by atoms with Gasteiger partial charge in [-0.1, -0.05) is 6.92 Å². The first-order valence-corrected chi connectivity index (χ1v) is 6.12. The Morgan fingerprint density at radius 2 is 2.56 bits per heavy atom. The molecule has 2 rings (SSSR count). The van der Waals surface area contributed by atoms with Gasteiger partial charge in [-0.25, -0.2) is 0 Å². The monoisotopic (exact) mass is 223 g/mol. The van der Waals surface area contributed by atoms with Crippen molar-refractivity contribution in [2.75, 3.05) is 19.8 Å². The number of aromatic nitrogens is 2. The van der Waals surface area contributed by atoms with E-state index >= 15 is 0 Å². The van der Waals surface area contributed by atoms with Gasteiger partial charge < -0.3 is 10.1 Å². The number of hydrogen-bond acceptors (Lipinski definition) is 3. The minimum Gasteiger partial charge on any atom is -0.381 e. The summed E-state index contributed by atoms with van der Waals surface area (Å²) in [6.07, 6.45) is 4.29. The summed E-state index contributed by atoms with van der Waals surface area (Å²) < 4.78 is 7.34. The van der Waals surface area contributed by atoms with E-state index in [1.807, 2.05) is 17.9 Å². The highest BCUT2D eigenvalue weighted by Crippen LogP contribution is 2.27. The SMILES string of the molecule is CCCNC(c1ccn(C)n1)C1CCOC1. The Hall–Kier alpha value is -0.870. The maximum atomic E-state index is 5.47. The van der Waals surface area contributed by atoms with Crippen molar-refractivity contribution >= 4 is 0 Å². The highest BCUT2D eigenvalue weighted by atomic mass is 16.5. The first-order chi connectivity index (χ1) is 7.81. The van der Waals surface area contributed by atoms with Gasteiger partial charge in [0.15, 0.2) is 0 Å². The second kappa shape index (κ2) is 5.46. The van der Waals surface area contributed by atoms with E-state index in [-0.39, 0.29) is 0 Å². The molecule has 0 bridgehead atoms. The van der Waals surface area contributed by atoms with Crippen LogP contribution in [0.25, 0.3) is 0 Å². The second-order valence-corrected chi connectivity index (χ2v) is 4.47. The van der Waals surface area contributed by atoms with Crippen molar-refractivity contribution in [1.82, 2.24) is 15.1 Å². The van der Waals surface area contributed by atoms with Crippen molar-refractivity contribution in [1.29, 1.82) is 0 Å². The van der Waals surface area contributed by atoms with Gasteiger partial charge in [-0.3, -0.25) is 4.68 Å². The molecule has 2 heterocycles. The summed E-state index contributed by atoms with van der Waals surface area (Å²) in [4.78, 5) is 0. The van der Waals surface area contributed by atoms with Crippen LogP contribution >= 0.6 is 0 Å². The normalized spacial score (nSPS) is 22.5. The van der Waals surface area contributed by atoms with E-state index in [9.17, 15) is 0 Å². The lowest BCUT2D eigenvalue weighted by Gasteiger charge is -2.21. The Morgan fingerprint density at radius 3 is 3.12 bits per heavy atom. The Bertz CT molecular complexity index is 318. The van der Waals surface area contributed by atoms with Crippen LogP contribution in [0.5, 0.6) is 0 Å². The third-order valence-corrected chi connectivity index (χ3v) is 3.10. The van der Waals surface area contributed by atoms with Crippen molar-refractivity contribution in [2.24, 2.45) is 13.0 Å². The lowest BCUT2D eigenvalue weighted by Crippen LogP contribution is -2.29.